The third kappa shape index (κ3) is 5.47. The lowest BCUT2D eigenvalue weighted by molar-refractivity contribution is -0.118. The van der Waals surface area contributed by atoms with Gasteiger partial charge >= 0.3 is 6.03 Å². The molecule has 0 aliphatic rings. The summed E-state index contributed by atoms with van der Waals surface area (Å²) in [7, 11) is 3.29. The predicted molar refractivity (Wildman–Crippen MR) is 88.1 cm³/mol. The van der Waals surface area contributed by atoms with Gasteiger partial charge in [0.25, 0.3) is 5.91 Å². The zero-order valence-electron chi connectivity index (χ0n) is 11.5. The van der Waals surface area contributed by atoms with Crippen LogP contribution in [0.5, 0.6) is 0 Å². The summed E-state index contributed by atoms with van der Waals surface area (Å²) in [5.74, 6) is -0.625. The summed E-state index contributed by atoms with van der Waals surface area (Å²) >= 11 is 6.24. The predicted octanol–water partition coefficient (Wildman–Crippen LogP) is 2.19. The van der Waals surface area contributed by atoms with Crippen molar-refractivity contribution >= 4 is 55.4 Å². The molecular weight excluding hydrogens is 406 g/mol. The fraction of sp³-hybridized carbons (Fsp3) is 0.308. The Hall–Kier alpha value is -1.41. The van der Waals surface area contributed by atoms with E-state index >= 15 is 0 Å². The number of rotatable bonds is 4. The van der Waals surface area contributed by atoms with Gasteiger partial charge in [-0.15, -0.1) is 0 Å². The van der Waals surface area contributed by atoms with E-state index in [1.165, 1.54) is 4.90 Å². The number of carbonyl (C=O) groups excluding carboxylic acids is 3. The van der Waals surface area contributed by atoms with Gasteiger partial charge in [0.05, 0.1) is 0 Å². The molecule has 2 N–H and O–H groups in total. The fourth-order valence-corrected chi connectivity index (χ4v) is 1.82. The van der Waals surface area contributed by atoms with Gasteiger partial charge in [0, 0.05) is 30.7 Å². The molecule has 0 aromatic heterocycles. The van der Waals surface area contributed by atoms with E-state index < -0.39 is 16.8 Å². The van der Waals surface area contributed by atoms with Crippen LogP contribution in [0, 0.1) is 0 Å². The lowest BCUT2D eigenvalue weighted by Crippen LogP contribution is -2.39. The Morgan fingerprint density at radius 3 is 2.52 bits per heavy atom. The Morgan fingerprint density at radius 1 is 1.29 bits per heavy atom. The summed E-state index contributed by atoms with van der Waals surface area (Å²) in [6, 6.07) is 5.82. The highest BCUT2D eigenvalue weighted by molar-refractivity contribution is 9.12. The van der Waals surface area contributed by atoms with Gasteiger partial charge in [-0.2, -0.15) is 0 Å². The van der Waals surface area contributed by atoms with Crippen molar-refractivity contribution in [1.29, 1.82) is 0 Å². The van der Waals surface area contributed by atoms with Crippen molar-refractivity contribution in [3.63, 3.8) is 0 Å². The number of nitrogens with zero attached hydrogens (tertiary/aromatic N) is 1. The smallest absolute Gasteiger partial charge is 0.325 e. The van der Waals surface area contributed by atoms with Crippen molar-refractivity contribution in [2.75, 3.05) is 24.7 Å². The van der Waals surface area contributed by atoms with E-state index in [-0.39, 0.29) is 5.91 Å². The molecule has 1 unspecified atom stereocenters. The lowest BCUT2D eigenvalue weighted by atomic mass is 10.2. The number of carbonyl (C=O) groups is 3. The van der Waals surface area contributed by atoms with Crippen LogP contribution >= 0.6 is 31.9 Å². The highest BCUT2D eigenvalue weighted by Gasteiger charge is 2.16. The van der Waals surface area contributed by atoms with E-state index in [1.54, 1.807) is 38.4 Å². The second-order valence-electron chi connectivity index (χ2n) is 4.35. The topological polar surface area (TPSA) is 78.5 Å². The number of benzene rings is 1. The van der Waals surface area contributed by atoms with Crippen LogP contribution < -0.4 is 10.6 Å². The minimum Gasteiger partial charge on any atom is -0.345 e. The zero-order valence-corrected chi connectivity index (χ0v) is 14.7. The molecule has 0 bridgehead atoms. The zero-order chi connectivity index (χ0) is 16.0. The van der Waals surface area contributed by atoms with E-state index in [1.807, 2.05) is 0 Å². The van der Waals surface area contributed by atoms with Gasteiger partial charge < -0.3 is 10.2 Å². The molecule has 21 heavy (non-hydrogen) atoms. The van der Waals surface area contributed by atoms with Crippen molar-refractivity contribution < 1.29 is 14.4 Å². The largest absolute Gasteiger partial charge is 0.345 e. The maximum Gasteiger partial charge on any atom is 0.325 e. The molecule has 0 saturated carbocycles. The molecule has 6 nitrogen and oxygen atoms in total. The van der Waals surface area contributed by atoms with Crippen LogP contribution in [0.1, 0.15) is 10.4 Å². The average Bonchev–Trinajstić information content (AvgIpc) is 2.45. The summed E-state index contributed by atoms with van der Waals surface area (Å²) in [6.45, 7) is 0. The Morgan fingerprint density at radius 2 is 1.95 bits per heavy atom. The number of imide groups is 1. The first-order valence-corrected chi connectivity index (χ1v) is 8.02. The molecule has 1 atom stereocenters. The van der Waals surface area contributed by atoms with Crippen molar-refractivity contribution in [3.05, 3.63) is 29.8 Å². The van der Waals surface area contributed by atoms with E-state index in [0.717, 1.165) is 0 Å². The van der Waals surface area contributed by atoms with Crippen molar-refractivity contribution in [2.24, 2.45) is 0 Å². The normalized spacial score (nSPS) is 11.4. The summed E-state index contributed by atoms with van der Waals surface area (Å²) in [4.78, 5) is 36.0. The Labute approximate surface area is 139 Å². The first-order valence-electron chi connectivity index (χ1n) is 5.98. The quantitative estimate of drug-likeness (QED) is 0.733. The highest BCUT2D eigenvalue weighted by Crippen LogP contribution is 2.12. The maximum atomic E-state index is 11.8. The molecule has 1 aromatic rings. The van der Waals surface area contributed by atoms with E-state index in [9.17, 15) is 14.4 Å². The van der Waals surface area contributed by atoms with Crippen LogP contribution in [0.2, 0.25) is 0 Å². The van der Waals surface area contributed by atoms with Crippen LogP contribution in [-0.4, -0.2) is 47.0 Å². The van der Waals surface area contributed by atoms with Crippen molar-refractivity contribution in [3.8, 4) is 0 Å². The van der Waals surface area contributed by atoms with Gasteiger partial charge in [0.2, 0.25) is 5.91 Å². The molecule has 1 rings (SSSR count). The van der Waals surface area contributed by atoms with Crippen LogP contribution in [0.25, 0.3) is 0 Å². The van der Waals surface area contributed by atoms with Gasteiger partial charge in [-0.25, -0.2) is 4.79 Å². The maximum absolute atomic E-state index is 11.8. The van der Waals surface area contributed by atoms with Gasteiger partial charge in [0.1, 0.15) is 4.83 Å². The molecule has 1 aromatic carbocycles. The van der Waals surface area contributed by atoms with Gasteiger partial charge in [-0.1, -0.05) is 37.9 Å². The third-order valence-corrected chi connectivity index (χ3v) is 4.69. The molecular formula is C13H15Br2N3O3. The molecule has 0 aliphatic carbocycles. The third-order valence-electron chi connectivity index (χ3n) is 2.43. The Bertz CT molecular complexity index is 549. The number of hydrogen-bond acceptors (Lipinski definition) is 3. The van der Waals surface area contributed by atoms with Crippen LogP contribution in [0.3, 0.4) is 0 Å². The number of halogens is 2. The summed E-state index contributed by atoms with van der Waals surface area (Å²) in [6.07, 6.45) is 0. The first kappa shape index (κ1) is 17.6. The molecule has 0 radical (unpaired) electrons. The Balaban J connectivity index is 2.71. The Kier molecular flexibility index (Phi) is 6.83. The lowest BCUT2D eigenvalue weighted by Gasteiger charge is -2.12. The number of anilines is 1. The highest BCUT2D eigenvalue weighted by atomic mass is 79.9. The van der Waals surface area contributed by atoms with E-state index in [0.29, 0.717) is 16.6 Å². The van der Waals surface area contributed by atoms with Crippen LogP contribution in [0.4, 0.5) is 10.5 Å². The molecule has 114 valence electrons. The first-order chi connectivity index (χ1) is 9.85. The second-order valence-corrected chi connectivity index (χ2v) is 6.10. The number of urea groups is 1. The second kappa shape index (κ2) is 8.14. The monoisotopic (exact) mass is 419 g/mol. The van der Waals surface area contributed by atoms with Gasteiger partial charge in [-0.3, -0.25) is 14.9 Å². The van der Waals surface area contributed by atoms with Gasteiger partial charge in [0.15, 0.2) is 0 Å². The number of hydrogen-bond donors (Lipinski definition) is 2. The van der Waals surface area contributed by atoms with Crippen LogP contribution in [-0.2, 0) is 4.79 Å². The summed E-state index contributed by atoms with van der Waals surface area (Å²) in [5.41, 5.74) is 0.876. The molecule has 0 fully saturated rings. The van der Waals surface area contributed by atoms with Gasteiger partial charge in [-0.05, 0) is 18.2 Å². The molecule has 0 saturated heterocycles. The minimum atomic E-state index is -0.653. The van der Waals surface area contributed by atoms with E-state index in [2.05, 4.69) is 42.5 Å². The molecule has 0 aliphatic heterocycles. The van der Waals surface area contributed by atoms with E-state index in [4.69, 9.17) is 0 Å². The molecule has 0 spiro atoms. The summed E-state index contributed by atoms with van der Waals surface area (Å²) < 4.78 is 0. The number of amides is 4. The number of alkyl halides is 2. The minimum absolute atomic E-state index is 0.171. The average molecular weight is 421 g/mol. The van der Waals surface area contributed by atoms with Crippen molar-refractivity contribution in [2.45, 2.75) is 4.83 Å². The van der Waals surface area contributed by atoms with Crippen molar-refractivity contribution in [1.82, 2.24) is 10.2 Å². The molecule has 8 heteroatoms. The summed E-state index contributed by atoms with van der Waals surface area (Å²) in [5, 5.41) is 5.09. The fourth-order valence-electron chi connectivity index (χ4n) is 1.41. The SMILES string of the molecule is CN(C)C(=O)c1cccc(NC(=O)NC(=O)C(Br)CBr)c1. The molecule has 0 heterocycles. The van der Waals surface area contributed by atoms with Crippen LogP contribution in [0.15, 0.2) is 24.3 Å². The number of nitrogens with one attached hydrogen (secondary N) is 2. The molecule has 4 amide bonds. The standard InChI is InChI=1S/C13H15Br2N3O3/c1-18(2)12(20)8-4-3-5-9(6-8)16-13(21)17-11(19)10(15)7-14/h3-6,10H,7H2,1-2H3,(H2,16,17,19,21).